The summed E-state index contributed by atoms with van der Waals surface area (Å²) in [7, 11) is 0. The normalized spacial score (nSPS) is 16.3. The quantitative estimate of drug-likeness (QED) is 0.563. The lowest BCUT2D eigenvalue weighted by atomic mass is 10.1. The Kier molecular flexibility index (Phi) is 5.94. The summed E-state index contributed by atoms with van der Waals surface area (Å²) in [5, 5.41) is 12.9. The van der Waals surface area contributed by atoms with Gasteiger partial charge in [0.1, 0.15) is 5.01 Å². The van der Waals surface area contributed by atoms with E-state index in [0.717, 1.165) is 20.7 Å². The van der Waals surface area contributed by atoms with Gasteiger partial charge in [0, 0.05) is 34.1 Å². The Morgan fingerprint density at radius 1 is 1.17 bits per heavy atom. The van der Waals surface area contributed by atoms with Crippen molar-refractivity contribution in [3.8, 4) is 0 Å². The molecule has 1 aromatic heterocycles. The zero-order valence-corrected chi connectivity index (χ0v) is 18.3. The van der Waals surface area contributed by atoms with Gasteiger partial charge in [-0.15, -0.1) is 10.2 Å². The Hall–Kier alpha value is -2.29. The molecule has 1 aliphatic heterocycles. The highest BCUT2D eigenvalue weighted by Gasteiger charge is 2.34. The zero-order chi connectivity index (χ0) is 20.4. The molecule has 0 bridgehead atoms. The predicted molar refractivity (Wildman–Crippen MR) is 118 cm³/mol. The van der Waals surface area contributed by atoms with Crippen molar-refractivity contribution in [2.24, 2.45) is 0 Å². The molecule has 6 nitrogen and oxygen atoms in total. The number of hydrogen-bond acceptors (Lipinski definition) is 5. The minimum Gasteiger partial charge on any atom is -0.312 e. The largest absolute Gasteiger partial charge is 0.312 e. The molecule has 1 fully saturated rings. The molecule has 1 saturated heterocycles. The van der Waals surface area contributed by atoms with E-state index in [9.17, 15) is 9.59 Å². The molecule has 0 spiro atoms. The van der Waals surface area contributed by atoms with Gasteiger partial charge in [-0.2, -0.15) is 0 Å². The average Bonchev–Trinajstić information content (AvgIpc) is 3.31. The van der Waals surface area contributed by atoms with Crippen molar-refractivity contribution in [2.45, 2.75) is 18.8 Å². The summed E-state index contributed by atoms with van der Waals surface area (Å²) >= 11 is 10.6. The number of halogens is 2. The summed E-state index contributed by atoms with van der Waals surface area (Å²) in [5.74, 6) is -0.165. The molecular formula is C20H16BrClN4O2S. The van der Waals surface area contributed by atoms with Crippen LogP contribution in [-0.4, -0.2) is 28.6 Å². The molecule has 3 aromatic rings. The Labute approximate surface area is 185 Å². The number of hydrogen-bond donors (Lipinski definition) is 1. The van der Waals surface area contributed by atoms with E-state index in [-0.39, 0.29) is 24.2 Å². The molecule has 9 heteroatoms. The topological polar surface area (TPSA) is 75.2 Å². The van der Waals surface area contributed by atoms with E-state index in [1.165, 1.54) is 11.3 Å². The van der Waals surface area contributed by atoms with E-state index < -0.39 is 0 Å². The smallest absolute Gasteiger partial charge is 0.230 e. The Balaban J connectivity index is 1.38. The third-order valence-corrected chi connectivity index (χ3v) is 6.36. The molecule has 4 rings (SSSR count). The Morgan fingerprint density at radius 2 is 1.90 bits per heavy atom. The maximum atomic E-state index is 12.4. The first kappa shape index (κ1) is 20.0. The fraction of sp³-hybridized carbons (Fsp3) is 0.200. The molecule has 1 N–H and O–H groups in total. The van der Waals surface area contributed by atoms with E-state index >= 15 is 0 Å². The van der Waals surface area contributed by atoms with Gasteiger partial charge in [-0.1, -0.05) is 51.0 Å². The molecule has 1 atom stereocenters. The van der Waals surface area contributed by atoms with Crippen LogP contribution >= 0.6 is 38.9 Å². The van der Waals surface area contributed by atoms with Crippen LogP contribution in [0.2, 0.25) is 5.02 Å². The van der Waals surface area contributed by atoms with Crippen molar-refractivity contribution in [2.75, 3.05) is 16.8 Å². The van der Waals surface area contributed by atoms with E-state index in [0.29, 0.717) is 23.1 Å². The third kappa shape index (κ3) is 4.83. The van der Waals surface area contributed by atoms with Crippen LogP contribution in [0.4, 0.5) is 10.8 Å². The Morgan fingerprint density at radius 3 is 2.62 bits per heavy atom. The van der Waals surface area contributed by atoms with Gasteiger partial charge in [0.2, 0.25) is 16.9 Å². The minimum atomic E-state index is -0.152. The van der Waals surface area contributed by atoms with Gasteiger partial charge in [0.15, 0.2) is 0 Å². The first-order valence-corrected chi connectivity index (χ1v) is 10.9. The highest BCUT2D eigenvalue weighted by molar-refractivity contribution is 9.10. The highest BCUT2D eigenvalue weighted by Crippen LogP contribution is 2.34. The van der Waals surface area contributed by atoms with Crippen LogP contribution in [-0.2, 0) is 16.0 Å². The van der Waals surface area contributed by atoms with Gasteiger partial charge in [-0.25, -0.2) is 0 Å². The van der Waals surface area contributed by atoms with Crippen LogP contribution < -0.4 is 10.2 Å². The molecule has 148 valence electrons. The Bertz CT molecular complexity index is 1040. The second-order valence-electron chi connectivity index (χ2n) is 6.68. The van der Waals surface area contributed by atoms with Crippen molar-refractivity contribution >= 4 is 61.5 Å². The number of rotatable bonds is 5. The monoisotopic (exact) mass is 490 g/mol. The maximum absolute atomic E-state index is 12.4. The van der Waals surface area contributed by atoms with Crippen molar-refractivity contribution < 1.29 is 9.59 Å². The first-order chi connectivity index (χ1) is 14.0. The highest BCUT2D eigenvalue weighted by atomic mass is 79.9. The predicted octanol–water partition coefficient (Wildman–Crippen LogP) is 4.66. The number of nitrogens with one attached hydrogen (secondary N) is 1. The molecule has 0 radical (unpaired) electrons. The van der Waals surface area contributed by atoms with Crippen LogP contribution in [0.1, 0.15) is 22.9 Å². The van der Waals surface area contributed by atoms with Crippen molar-refractivity contribution in [1.82, 2.24) is 10.2 Å². The molecule has 1 aliphatic rings. The second kappa shape index (κ2) is 8.61. The standard InChI is InChI=1S/C20H16BrClN4O2S/c21-14-3-1-12(2-4-14)9-17(27)23-20-25-24-19(29-20)13-10-18(28)26(11-13)16-7-5-15(22)6-8-16/h1-8,13H,9-11H2,(H,23,25,27). The van der Waals surface area contributed by atoms with Crippen LogP contribution in [0.25, 0.3) is 0 Å². The SMILES string of the molecule is O=C(Cc1ccc(Br)cc1)Nc1nnc(C2CC(=O)N(c3ccc(Cl)cc3)C2)s1. The lowest BCUT2D eigenvalue weighted by Gasteiger charge is -2.16. The molecule has 2 heterocycles. The van der Waals surface area contributed by atoms with E-state index in [1.807, 2.05) is 36.4 Å². The summed E-state index contributed by atoms with van der Waals surface area (Å²) in [6, 6.07) is 14.8. The molecule has 0 saturated carbocycles. The van der Waals surface area contributed by atoms with Crippen LogP contribution in [0.15, 0.2) is 53.0 Å². The lowest BCUT2D eigenvalue weighted by molar-refractivity contribution is -0.117. The van der Waals surface area contributed by atoms with E-state index in [2.05, 4.69) is 31.4 Å². The fourth-order valence-electron chi connectivity index (χ4n) is 3.14. The maximum Gasteiger partial charge on any atom is 0.230 e. The van der Waals surface area contributed by atoms with Crippen LogP contribution in [0.5, 0.6) is 0 Å². The summed E-state index contributed by atoms with van der Waals surface area (Å²) in [6.07, 6.45) is 0.624. The number of anilines is 2. The number of carbonyl (C=O) groups is 2. The molecule has 29 heavy (non-hydrogen) atoms. The summed E-state index contributed by atoms with van der Waals surface area (Å²) < 4.78 is 0.967. The number of amides is 2. The number of benzene rings is 2. The summed E-state index contributed by atoms with van der Waals surface area (Å²) in [6.45, 7) is 0.530. The van der Waals surface area contributed by atoms with Gasteiger partial charge < -0.3 is 10.2 Å². The molecule has 0 aliphatic carbocycles. The van der Waals surface area contributed by atoms with Gasteiger partial charge in [0.25, 0.3) is 0 Å². The van der Waals surface area contributed by atoms with Gasteiger partial charge in [-0.05, 0) is 42.0 Å². The van der Waals surface area contributed by atoms with Crippen LogP contribution in [0.3, 0.4) is 0 Å². The minimum absolute atomic E-state index is 0.0355. The summed E-state index contributed by atoms with van der Waals surface area (Å²) in [5.41, 5.74) is 1.73. The molecule has 2 aromatic carbocycles. The molecule has 1 unspecified atom stereocenters. The van der Waals surface area contributed by atoms with Crippen LogP contribution in [0, 0.1) is 0 Å². The first-order valence-electron chi connectivity index (χ1n) is 8.91. The van der Waals surface area contributed by atoms with Gasteiger partial charge >= 0.3 is 0 Å². The summed E-state index contributed by atoms with van der Waals surface area (Å²) in [4.78, 5) is 26.4. The average molecular weight is 492 g/mol. The van der Waals surface area contributed by atoms with Crippen molar-refractivity contribution in [3.05, 3.63) is 68.6 Å². The van der Waals surface area contributed by atoms with Crippen molar-refractivity contribution in [3.63, 3.8) is 0 Å². The molecular weight excluding hydrogens is 476 g/mol. The van der Waals surface area contributed by atoms with E-state index in [4.69, 9.17) is 11.6 Å². The molecule has 2 amide bonds. The van der Waals surface area contributed by atoms with Crippen molar-refractivity contribution in [1.29, 1.82) is 0 Å². The van der Waals surface area contributed by atoms with Gasteiger partial charge in [0.05, 0.1) is 6.42 Å². The van der Waals surface area contributed by atoms with E-state index in [1.54, 1.807) is 17.0 Å². The number of nitrogens with zero attached hydrogens (tertiary/aromatic N) is 3. The third-order valence-electron chi connectivity index (χ3n) is 4.58. The fourth-order valence-corrected chi connectivity index (χ4v) is 4.39. The number of aromatic nitrogens is 2. The lowest BCUT2D eigenvalue weighted by Crippen LogP contribution is -2.24. The zero-order valence-electron chi connectivity index (χ0n) is 15.1. The van der Waals surface area contributed by atoms with Gasteiger partial charge in [-0.3, -0.25) is 9.59 Å². The number of carbonyl (C=O) groups excluding carboxylic acids is 2. The second-order valence-corrected chi connectivity index (χ2v) is 9.04.